The predicted molar refractivity (Wildman–Crippen MR) is 165 cm³/mol. The summed E-state index contributed by atoms with van der Waals surface area (Å²) in [5, 5.41) is 12.4. The van der Waals surface area contributed by atoms with E-state index in [4.69, 9.17) is 19.4 Å². The van der Waals surface area contributed by atoms with Gasteiger partial charge in [0.25, 0.3) is 0 Å². The van der Waals surface area contributed by atoms with Crippen LogP contribution in [-0.4, -0.2) is 65.2 Å². The number of hydrogen-bond acceptors (Lipinski definition) is 8. The van der Waals surface area contributed by atoms with Gasteiger partial charge in [-0.1, -0.05) is 48.5 Å². The lowest BCUT2D eigenvalue weighted by Crippen LogP contribution is -2.26. The highest BCUT2D eigenvalue weighted by Crippen LogP contribution is 2.37. The molecule has 6 rings (SSSR count). The molecule has 0 radical (unpaired) electrons. The van der Waals surface area contributed by atoms with Gasteiger partial charge in [-0.25, -0.2) is 9.97 Å². The van der Waals surface area contributed by atoms with E-state index in [0.29, 0.717) is 48.4 Å². The van der Waals surface area contributed by atoms with Gasteiger partial charge >= 0.3 is 0 Å². The fourth-order valence-corrected chi connectivity index (χ4v) is 4.79. The maximum atomic E-state index is 10.8. The standard InChI is InChI=1S/C33H30N6O3/c1-39(13-15-40)14-16-42-31-19-27-29(20-30(31)41-2)36-32(24-10-6-9-23(17-24)22-7-4-3-5-8-22)37-33(27)35-26-11-12-28-25(18-26)21-34-38-28/h3-12,15,17-21H,13-14,16H2,1-2H3,(H,34,38)(H,35,36,37). The average Bonchev–Trinajstić information content (AvgIpc) is 3.49. The molecule has 9 nitrogen and oxygen atoms in total. The van der Waals surface area contributed by atoms with Crippen molar-refractivity contribution < 1.29 is 14.3 Å². The molecule has 2 N–H and O–H groups in total. The Morgan fingerprint density at radius 2 is 1.74 bits per heavy atom. The van der Waals surface area contributed by atoms with Crippen LogP contribution in [0.2, 0.25) is 0 Å². The number of nitrogens with one attached hydrogen (secondary N) is 2. The first-order valence-electron chi connectivity index (χ1n) is 13.6. The summed E-state index contributed by atoms with van der Waals surface area (Å²) in [5.41, 5.74) is 5.61. The molecule has 0 atom stereocenters. The summed E-state index contributed by atoms with van der Waals surface area (Å²) < 4.78 is 11.8. The fourth-order valence-electron chi connectivity index (χ4n) is 4.79. The van der Waals surface area contributed by atoms with Gasteiger partial charge in [0.2, 0.25) is 0 Å². The monoisotopic (exact) mass is 558 g/mol. The van der Waals surface area contributed by atoms with Crippen LogP contribution < -0.4 is 14.8 Å². The Balaban J connectivity index is 1.43. The molecule has 0 saturated carbocycles. The van der Waals surface area contributed by atoms with E-state index in [-0.39, 0.29) is 0 Å². The quantitative estimate of drug-likeness (QED) is 0.184. The van der Waals surface area contributed by atoms with Crippen LogP contribution in [0.15, 0.2) is 91.1 Å². The number of anilines is 2. The molecule has 0 aliphatic rings. The molecule has 4 aromatic carbocycles. The zero-order chi connectivity index (χ0) is 28.9. The maximum Gasteiger partial charge on any atom is 0.162 e. The van der Waals surface area contributed by atoms with Gasteiger partial charge in [-0.15, -0.1) is 0 Å². The highest BCUT2D eigenvalue weighted by molar-refractivity contribution is 5.95. The van der Waals surface area contributed by atoms with Crippen molar-refractivity contribution in [3.8, 4) is 34.0 Å². The number of hydrogen-bond donors (Lipinski definition) is 2. The van der Waals surface area contributed by atoms with E-state index in [1.54, 1.807) is 13.3 Å². The molecule has 6 aromatic rings. The number of carbonyl (C=O) groups excluding carboxylic acids is 1. The van der Waals surface area contributed by atoms with E-state index in [1.165, 1.54) is 0 Å². The second-order valence-corrected chi connectivity index (χ2v) is 9.94. The van der Waals surface area contributed by atoms with Crippen molar-refractivity contribution in [1.29, 1.82) is 0 Å². The molecule has 9 heteroatoms. The van der Waals surface area contributed by atoms with E-state index in [9.17, 15) is 4.79 Å². The van der Waals surface area contributed by atoms with E-state index < -0.39 is 0 Å². The molecule has 0 amide bonds. The molecule has 0 aliphatic heterocycles. The number of H-pyrrole nitrogens is 1. The normalized spacial score (nSPS) is 11.2. The molecule has 2 aromatic heterocycles. The minimum atomic E-state index is 0.343. The molecule has 0 saturated heterocycles. The summed E-state index contributed by atoms with van der Waals surface area (Å²) in [6.07, 6.45) is 2.66. The van der Waals surface area contributed by atoms with Crippen molar-refractivity contribution in [1.82, 2.24) is 25.1 Å². The number of fused-ring (bicyclic) bond motifs is 2. The van der Waals surface area contributed by atoms with E-state index >= 15 is 0 Å². The number of aldehydes is 1. The summed E-state index contributed by atoms with van der Waals surface area (Å²) in [5.74, 6) is 2.35. The number of carbonyl (C=O) groups is 1. The fraction of sp³-hybridized carbons (Fsp3) is 0.152. The smallest absolute Gasteiger partial charge is 0.162 e. The summed E-state index contributed by atoms with van der Waals surface area (Å²) in [4.78, 5) is 22.7. The number of benzene rings is 4. The molecular weight excluding hydrogens is 528 g/mol. The Morgan fingerprint density at radius 1 is 0.905 bits per heavy atom. The molecule has 0 aliphatic carbocycles. The van der Waals surface area contributed by atoms with Crippen molar-refractivity contribution >= 4 is 39.6 Å². The second-order valence-electron chi connectivity index (χ2n) is 9.94. The third kappa shape index (κ3) is 5.77. The lowest BCUT2D eigenvalue weighted by molar-refractivity contribution is -0.108. The first-order valence-corrected chi connectivity index (χ1v) is 13.6. The van der Waals surface area contributed by atoms with Crippen LogP contribution in [0.5, 0.6) is 11.5 Å². The molecule has 0 bridgehead atoms. The predicted octanol–water partition coefficient (Wildman–Crippen LogP) is 6.10. The van der Waals surface area contributed by atoms with Crippen LogP contribution in [0.25, 0.3) is 44.3 Å². The third-order valence-corrected chi connectivity index (χ3v) is 7.03. The van der Waals surface area contributed by atoms with Gasteiger partial charge in [0.15, 0.2) is 17.3 Å². The summed E-state index contributed by atoms with van der Waals surface area (Å²) in [6.45, 7) is 1.32. The average molecular weight is 559 g/mol. The Morgan fingerprint density at radius 3 is 2.57 bits per heavy atom. The molecule has 2 heterocycles. The molecule has 210 valence electrons. The van der Waals surface area contributed by atoms with Crippen LogP contribution in [0, 0.1) is 0 Å². The number of aromatic amines is 1. The Labute approximate surface area is 243 Å². The van der Waals surface area contributed by atoms with Crippen molar-refractivity contribution in [2.75, 3.05) is 39.2 Å². The van der Waals surface area contributed by atoms with Crippen molar-refractivity contribution in [2.24, 2.45) is 0 Å². The number of ether oxygens (including phenoxy) is 2. The van der Waals surface area contributed by atoms with Crippen LogP contribution in [-0.2, 0) is 4.79 Å². The Bertz CT molecular complexity index is 1850. The number of nitrogens with zero attached hydrogens (tertiary/aromatic N) is 4. The third-order valence-electron chi connectivity index (χ3n) is 7.03. The van der Waals surface area contributed by atoms with Gasteiger partial charge in [0, 0.05) is 34.6 Å². The van der Waals surface area contributed by atoms with Crippen molar-refractivity contribution in [3.05, 3.63) is 91.1 Å². The van der Waals surface area contributed by atoms with Crippen LogP contribution >= 0.6 is 0 Å². The number of rotatable bonds is 11. The molecular formula is C33H30N6O3. The minimum Gasteiger partial charge on any atom is -0.493 e. The lowest BCUT2D eigenvalue weighted by Gasteiger charge is -2.17. The molecule has 0 fully saturated rings. The van der Waals surface area contributed by atoms with E-state index in [0.717, 1.165) is 45.0 Å². The summed E-state index contributed by atoms with van der Waals surface area (Å²) in [7, 11) is 3.48. The summed E-state index contributed by atoms with van der Waals surface area (Å²) >= 11 is 0. The molecule has 42 heavy (non-hydrogen) atoms. The van der Waals surface area contributed by atoms with Gasteiger partial charge in [-0.3, -0.25) is 10.00 Å². The minimum absolute atomic E-state index is 0.343. The topological polar surface area (TPSA) is 105 Å². The van der Waals surface area contributed by atoms with E-state index in [2.05, 4.69) is 39.8 Å². The second kappa shape index (κ2) is 12.1. The largest absolute Gasteiger partial charge is 0.493 e. The first-order chi connectivity index (χ1) is 20.6. The van der Waals surface area contributed by atoms with Gasteiger partial charge in [-0.2, -0.15) is 5.10 Å². The number of likely N-dealkylation sites (N-methyl/N-ethyl adjacent to an activating group) is 1. The number of methoxy groups -OCH3 is 1. The van der Waals surface area contributed by atoms with Gasteiger partial charge in [0.1, 0.15) is 18.7 Å². The lowest BCUT2D eigenvalue weighted by atomic mass is 10.0. The zero-order valence-corrected chi connectivity index (χ0v) is 23.4. The molecule has 0 unspecified atom stereocenters. The zero-order valence-electron chi connectivity index (χ0n) is 23.4. The number of aromatic nitrogens is 4. The Kier molecular flexibility index (Phi) is 7.74. The highest BCUT2D eigenvalue weighted by Gasteiger charge is 2.16. The van der Waals surface area contributed by atoms with Crippen molar-refractivity contribution in [3.63, 3.8) is 0 Å². The van der Waals surface area contributed by atoms with E-state index in [1.807, 2.05) is 72.6 Å². The SMILES string of the molecule is COc1cc2nc(-c3cccc(-c4ccccc4)c3)nc(Nc3ccc4[nH]ncc4c3)c2cc1OCCN(C)CC=O. The first kappa shape index (κ1) is 26.9. The van der Waals surface area contributed by atoms with Crippen LogP contribution in [0.4, 0.5) is 11.5 Å². The summed E-state index contributed by atoms with van der Waals surface area (Å²) in [6, 6.07) is 28.2. The van der Waals surface area contributed by atoms with Gasteiger partial charge in [0.05, 0.1) is 30.9 Å². The van der Waals surface area contributed by atoms with Crippen LogP contribution in [0.1, 0.15) is 0 Å². The van der Waals surface area contributed by atoms with Crippen molar-refractivity contribution in [2.45, 2.75) is 0 Å². The molecule has 0 spiro atoms. The van der Waals surface area contributed by atoms with Crippen LogP contribution in [0.3, 0.4) is 0 Å². The maximum absolute atomic E-state index is 10.8. The van der Waals surface area contributed by atoms with Gasteiger partial charge < -0.3 is 19.6 Å². The van der Waals surface area contributed by atoms with Gasteiger partial charge in [-0.05, 0) is 48.5 Å². The highest BCUT2D eigenvalue weighted by atomic mass is 16.5. The Hall–Kier alpha value is -5.28.